The maximum Gasteiger partial charge on any atom is 0.242 e. The highest BCUT2D eigenvalue weighted by molar-refractivity contribution is 5.85. The van der Waals surface area contributed by atoms with Crippen molar-refractivity contribution in [2.24, 2.45) is 0 Å². The van der Waals surface area contributed by atoms with Crippen molar-refractivity contribution in [1.29, 1.82) is 0 Å². The van der Waals surface area contributed by atoms with Crippen molar-refractivity contribution in [3.8, 4) is 5.88 Å². The number of ether oxygens (including phenoxy) is 1. The topological polar surface area (TPSA) is 93.9 Å². The number of hydrogen-bond donors (Lipinski definition) is 1. The first-order valence-corrected chi connectivity index (χ1v) is 9.53. The average Bonchev–Trinajstić information content (AvgIpc) is 3.32. The molecule has 0 fully saturated rings. The molecular formula is C22H22N4O3. The van der Waals surface area contributed by atoms with Gasteiger partial charge >= 0.3 is 0 Å². The summed E-state index contributed by atoms with van der Waals surface area (Å²) in [6, 6.07) is 13.7. The van der Waals surface area contributed by atoms with E-state index >= 15 is 0 Å². The van der Waals surface area contributed by atoms with Crippen molar-refractivity contribution in [2.75, 3.05) is 0 Å². The van der Waals surface area contributed by atoms with Crippen LogP contribution in [0.4, 0.5) is 0 Å². The van der Waals surface area contributed by atoms with Gasteiger partial charge in [-0.2, -0.15) is 0 Å². The summed E-state index contributed by atoms with van der Waals surface area (Å²) < 4.78 is 10.8. The van der Waals surface area contributed by atoms with Crippen LogP contribution < -0.4 is 4.74 Å². The number of ketones is 1. The summed E-state index contributed by atoms with van der Waals surface area (Å²) in [5.74, 6) is 1.41. The molecule has 7 heteroatoms. The van der Waals surface area contributed by atoms with Gasteiger partial charge in [0.1, 0.15) is 5.78 Å². The fourth-order valence-electron chi connectivity index (χ4n) is 3.28. The maximum absolute atomic E-state index is 12.5. The second-order valence-corrected chi connectivity index (χ2v) is 7.20. The van der Waals surface area contributed by atoms with E-state index in [1.807, 2.05) is 37.3 Å². The third-order valence-corrected chi connectivity index (χ3v) is 4.78. The Morgan fingerprint density at radius 2 is 2.07 bits per heavy atom. The van der Waals surface area contributed by atoms with Crippen LogP contribution in [0.15, 0.2) is 53.2 Å². The molecule has 7 nitrogen and oxygen atoms in total. The van der Waals surface area contributed by atoms with Gasteiger partial charge < -0.3 is 9.26 Å². The van der Waals surface area contributed by atoms with Gasteiger partial charge in [-0.3, -0.25) is 14.9 Å². The Balaban J connectivity index is 1.39. The monoisotopic (exact) mass is 390 g/mol. The van der Waals surface area contributed by atoms with Gasteiger partial charge in [-0.25, -0.2) is 0 Å². The predicted octanol–water partition coefficient (Wildman–Crippen LogP) is 4.14. The number of carbonyl (C=O) groups excluding carboxylic acids is 1. The van der Waals surface area contributed by atoms with Crippen molar-refractivity contribution in [1.82, 2.24) is 20.3 Å². The molecule has 0 aliphatic heterocycles. The lowest BCUT2D eigenvalue weighted by Gasteiger charge is -2.10. The summed E-state index contributed by atoms with van der Waals surface area (Å²) in [6.07, 6.45) is 2.46. The van der Waals surface area contributed by atoms with Crippen molar-refractivity contribution < 1.29 is 14.1 Å². The fourth-order valence-corrected chi connectivity index (χ4v) is 3.28. The number of aromatic amines is 1. The second-order valence-electron chi connectivity index (χ2n) is 7.20. The lowest BCUT2D eigenvalue weighted by molar-refractivity contribution is -0.118. The summed E-state index contributed by atoms with van der Waals surface area (Å²) in [6.45, 7) is 4.15. The molecule has 0 radical (unpaired) electrons. The highest BCUT2D eigenvalue weighted by Gasteiger charge is 2.14. The van der Waals surface area contributed by atoms with E-state index in [0.29, 0.717) is 30.2 Å². The lowest BCUT2D eigenvalue weighted by Crippen LogP contribution is -2.08. The summed E-state index contributed by atoms with van der Waals surface area (Å²) in [4.78, 5) is 16.9. The number of aryl methyl sites for hydroxylation is 1. The third-order valence-electron chi connectivity index (χ3n) is 4.78. The van der Waals surface area contributed by atoms with Gasteiger partial charge in [-0.1, -0.05) is 42.4 Å². The Morgan fingerprint density at radius 3 is 2.83 bits per heavy atom. The van der Waals surface area contributed by atoms with Gasteiger partial charge in [-0.15, -0.1) is 5.10 Å². The summed E-state index contributed by atoms with van der Waals surface area (Å²) in [7, 11) is 0. The highest BCUT2D eigenvalue weighted by atomic mass is 16.5. The van der Waals surface area contributed by atoms with Gasteiger partial charge in [0.15, 0.2) is 12.4 Å². The minimum Gasteiger partial charge on any atom is -0.468 e. The zero-order valence-corrected chi connectivity index (χ0v) is 16.4. The fraction of sp³-hybridized carbons (Fsp3) is 0.273. The van der Waals surface area contributed by atoms with E-state index in [1.54, 1.807) is 6.20 Å². The number of nitrogens with zero attached hydrogens (tertiary/aromatic N) is 3. The summed E-state index contributed by atoms with van der Waals surface area (Å²) in [5, 5.41) is 11.7. The molecule has 1 atom stereocenters. The van der Waals surface area contributed by atoms with Crippen molar-refractivity contribution in [2.45, 2.75) is 39.2 Å². The van der Waals surface area contributed by atoms with E-state index < -0.39 is 0 Å². The Labute approximate surface area is 168 Å². The number of H-pyrrole nitrogens is 1. The molecule has 4 rings (SSSR count). The molecule has 0 unspecified atom stereocenters. The Hall–Kier alpha value is -3.48. The number of aromatic nitrogens is 4. The normalized spacial score (nSPS) is 12.2. The number of benzene rings is 1. The molecule has 0 amide bonds. The molecule has 148 valence electrons. The SMILES string of the molecule is Cc1cc(COc2n[nH]c3cc(CC(=O)C[C@H](C)c4ccccc4)ncc23)on1. The van der Waals surface area contributed by atoms with E-state index in [2.05, 4.69) is 39.4 Å². The molecule has 1 N–H and O–H groups in total. The van der Waals surface area contributed by atoms with E-state index in [1.165, 1.54) is 5.56 Å². The molecular weight excluding hydrogens is 368 g/mol. The number of fused-ring (bicyclic) bond motifs is 1. The standard InChI is InChI=1S/C22H22N4O3/c1-14(16-6-4-3-5-7-16)8-18(27)10-17-11-21-20(12-23-17)22(25-24-21)28-13-19-9-15(2)26-29-19/h3-7,9,11-12,14H,8,10,13H2,1-2H3,(H,24,25)/t14-/m0/s1. The summed E-state index contributed by atoms with van der Waals surface area (Å²) in [5.41, 5.74) is 3.46. The second kappa shape index (κ2) is 8.26. The summed E-state index contributed by atoms with van der Waals surface area (Å²) >= 11 is 0. The highest BCUT2D eigenvalue weighted by Crippen LogP contribution is 2.24. The molecule has 0 aliphatic carbocycles. The van der Waals surface area contributed by atoms with Gasteiger partial charge in [0.05, 0.1) is 16.6 Å². The van der Waals surface area contributed by atoms with Crippen LogP contribution in [0.1, 0.15) is 42.0 Å². The molecule has 0 saturated heterocycles. The van der Waals surface area contributed by atoms with Crippen LogP contribution in [0.2, 0.25) is 0 Å². The van der Waals surface area contributed by atoms with Gasteiger partial charge in [0.2, 0.25) is 5.88 Å². The first-order valence-electron chi connectivity index (χ1n) is 9.53. The Kier molecular flexibility index (Phi) is 5.37. The maximum atomic E-state index is 12.5. The molecule has 3 aromatic heterocycles. The van der Waals surface area contributed by atoms with E-state index in [-0.39, 0.29) is 18.3 Å². The van der Waals surface area contributed by atoms with E-state index in [9.17, 15) is 4.79 Å². The van der Waals surface area contributed by atoms with Crippen molar-refractivity contribution in [3.05, 3.63) is 71.4 Å². The Morgan fingerprint density at radius 1 is 1.24 bits per heavy atom. The Bertz CT molecular complexity index is 1120. The predicted molar refractivity (Wildman–Crippen MR) is 108 cm³/mol. The number of carbonyl (C=O) groups is 1. The number of pyridine rings is 1. The van der Waals surface area contributed by atoms with Crippen molar-refractivity contribution >= 4 is 16.7 Å². The van der Waals surface area contributed by atoms with Crippen LogP contribution in [-0.2, 0) is 17.8 Å². The molecule has 1 aromatic carbocycles. The van der Waals surface area contributed by atoms with E-state index in [4.69, 9.17) is 9.26 Å². The van der Waals surface area contributed by atoms with Crippen LogP contribution in [0.5, 0.6) is 5.88 Å². The number of nitrogens with one attached hydrogen (secondary N) is 1. The van der Waals surface area contributed by atoms with Gasteiger partial charge in [0.25, 0.3) is 0 Å². The van der Waals surface area contributed by atoms with Gasteiger partial charge in [0, 0.05) is 30.8 Å². The number of rotatable bonds is 8. The number of Topliss-reactive ketones (excluding diaryl/α,β-unsaturated/α-hetero) is 1. The quantitative estimate of drug-likeness (QED) is 0.486. The average molecular weight is 390 g/mol. The molecule has 29 heavy (non-hydrogen) atoms. The van der Waals surface area contributed by atoms with Crippen LogP contribution in [0.3, 0.4) is 0 Å². The molecule has 0 bridgehead atoms. The first-order chi connectivity index (χ1) is 14.1. The molecule has 0 aliphatic rings. The van der Waals surface area contributed by atoms with Crippen LogP contribution >= 0.6 is 0 Å². The van der Waals surface area contributed by atoms with Crippen LogP contribution in [0.25, 0.3) is 10.9 Å². The zero-order valence-electron chi connectivity index (χ0n) is 16.4. The molecule has 3 heterocycles. The van der Waals surface area contributed by atoms with Gasteiger partial charge in [-0.05, 0) is 24.5 Å². The smallest absolute Gasteiger partial charge is 0.242 e. The first kappa shape index (κ1) is 18.9. The molecule has 0 spiro atoms. The third kappa shape index (κ3) is 4.51. The minimum atomic E-state index is 0.157. The largest absolute Gasteiger partial charge is 0.468 e. The van der Waals surface area contributed by atoms with Crippen LogP contribution in [0, 0.1) is 6.92 Å². The van der Waals surface area contributed by atoms with Crippen LogP contribution in [-0.4, -0.2) is 26.1 Å². The minimum absolute atomic E-state index is 0.157. The van der Waals surface area contributed by atoms with Crippen molar-refractivity contribution in [3.63, 3.8) is 0 Å². The number of hydrogen-bond acceptors (Lipinski definition) is 6. The lowest BCUT2D eigenvalue weighted by atomic mass is 9.94. The zero-order chi connectivity index (χ0) is 20.2. The molecule has 4 aromatic rings. The molecule has 0 saturated carbocycles. The van der Waals surface area contributed by atoms with E-state index in [0.717, 1.165) is 16.6 Å².